The van der Waals surface area contributed by atoms with Gasteiger partial charge < -0.3 is 19.3 Å². The van der Waals surface area contributed by atoms with E-state index in [1.807, 2.05) is 29.2 Å². The second-order valence-corrected chi connectivity index (χ2v) is 7.84. The van der Waals surface area contributed by atoms with E-state index in [1.54, 1.807) is 26.2 Å². The minimum atomic E-state index is -1.13. The fourth-order valence-corrected chi connectivity index (χ4v) is 4.11. The van der Waals surface area contributed by atoms with Gasteiger partial charge in [-0.05, 0) is 36.8 Å². The van der Waals surface area contributed by atoms with E-state index in [9.17, 15) is 14.0 Å². The summed E-state index contributed by atoms with van der Waals surface area (Å²) in [7, 11) is 1.64. The summed E-state index contributed by atoms with van der Waals surface area (Å²) >= 11 is 0. The molecule has 0 aliphatic carbocycles. The van der Waals surface area contributed by atoms with Gasteiger partial charge in [0, 0.05) is 37.9 Å². The Hall–Kier alpha value is -3.62. The van der Waals surface area contributed by atoms with Crippen molar-refractivity contribution < 1.29 is 23.5 Å². The Morgan fingerprint density at radius 2 is 1.82 bits per heavy atom. The molecule has 174 valence electrons. The number of nitrogens with one attached hydrogen (secondary N) is 1. The summed E-state index contributed by atoms with van der Waals surface area (Å²) in [6.07, 6.45) is 0. The predicted molar refractivity (Wildman–Crippen MR) is 122 cm³/mol. The fraction of sp³-hybridized carbons (Fsp3) is 0.375. The number of amides is 1. The van der Waals surface area contributed by atoms with Crippen LogP contribution in [-0.4, -0.2) is 62.6 Å². The third-order valence-electron chi connectivity index (χ3n) is 5.84. The number of halogens is 1. The molecule has 8 nitrogen and oxygen atoms in total. The lowest BCUT2D eigenvalue weighted by Gasteiger charge is -2.39. The highest BCUT2D eigenvalue weighted by Crippen LogP contribution is 2.31. The van der Waals surface area contributed by atoms with Crippen molar-refractivity contribution in [2.24, 2.45) is 10.9 Å². The highest BCUT2D eigenvalue weighted by Gasteiger charge is 2.42. The quantitative estimate of drug-likeness (QED) is 0.552. The van der Waals surface area contributed by atoms with E-state index in [0.717, 1.165) is 24.5 Å². The number of anilines is 1. The zero-order valence-corrected chi connectivity index (χ0v) is 18.7. The number of aliphatic imine (C=N–C) groups is 1. The molecule has 2 aliphatic rings. The highest BCUT2D eigenvalue weighted by atomic mass is 19.1. The van der Waals surface area contributed by atoms with Crippen LogP contribution in [0.15, 0.2) is 53.5 Å². The van der Waals surface area contributed by atoms with Crippen LogP contribution in [0.5, 0.6) is 5.75 Å². The van der Waals surface area contributed by atoms with E-state index < -0.39 is 29.7 Å². The van der Waals surface area contributed by atoms with Gasteiger partial charge in [-0.15, -0.1) is 0 Å². The SMILES string of the molecule is CCOC(=O)[C@H]1C(=O)NC(N2CCN(c3cccc(OC)c3)CC2)=N[C@H]1c1ccc(F)cc1. The summed E-state index contributed by atoms with van der Waals surface area (Å²) in [6.45, 7) is 4.56. The molecule has 2 atom stereocenters. The van der Waals surface area contributed by atoms with Crippen molar-refractivity contribution in [2.75, 3.05) is 44.8 Å². The normalized spacial score (nSPS) is 20.7. The Morgan fingerprint density at radius 3 is 2.48 bits per heavy atom. The van der Waals surface area contributed by atoms with Crippen molar-refractivity contribution in [3.8, 4) is 5.75 Å². The topological polar surface area (TPSA) is 83.5 Å². The first kappa shape index (κ1) is 22.6. The third kappa shape index (κ3) is 4.92. The number of methoxy groups -OCH3 is 1. The summed E-state index contributed by atoms with van der Waals surface area (Å²) in [5, 5.41) is 2.78. The standard InChI is InChI=1S/C24H27FN4O4/c1-3-33-23(31)20-21(16-7-9-17(25)10-8-16)26-24(27-22(20)30)29-13-11-28(12-14-29)18-5-4-6-19(15-18)32-2/h4-10,15,20-21H,3,11-14H2,1-2H3,(H,26,27,30)/t20-,21+/m1/s1. The van der Waals surface area contributed by atoms with Crippen LogP contribution < -0.4 is 15.0 Å². The molecule has 4 rings (SSSR count). The van der Waals surface area contributed by atoms with Gasteiger partial charge in [0.15, 0.2) is 5.92 Å². The Bertz CT molecular complexity index is 1040. The average molecular weight is 455 g/mol. The number of nitrogens with zero attached hydrogens (tertiary/aromatic N) is 3. The molecule has 0 spiro atoms. The molecule has 1 fully saturated rings. The first-order valence-corrected chi connectivity index (χ1v) is 10.9. The second kappa shape index (κ2) is 9.89. The van der Waals surface area contributed by atoms with E-state index in [0.29, 0.717) is 24.6 Å². The number of carbonyl (C=O) groups excluding carboxylic acids is 2. The predicted octanol–water partition coefficient (Wildman–Crippen LogP) is 2.36. The summed E-state index contributed by atoms with van der Waals surface area (Å²) in [4.78, 5) is 34.4. The number of carbonyl (C=O) groups is 2. The van der Waals surface area contributed by atoms with E-state index >= 15 is 0 Å². The molecule has 9 heteroatoms. The lowest BCUT2D eigenvalue weighted by molar-refractivity contribution is -0.153. The average Bonchev–Trinajstić information content (AvgIpc) is 2.84. The van der Waals surface area contributed by atoms with Gasteiger partial charge in [0.1, 0.15) is 17.6 Å². The Labute approximate surface area is 192 Å². The van der Waals surface area contributed by atoms with Crippen molar-refractivity contribution in [1.29, 1.82) is 0 Å². The van der Waals surface area contributed by atoms with Crippen molar-refractivity contribution in [3.63, 3.8) is 0 Å². The third-order valence-corrected chi connectivity index (χ3v) is 5.84. The number of hydrogen-bond acceptors (Lipinski definition) is 7. The first-order valence-electron chi connectivity index (χ1n) is 10.9. The first-order chi connectivity index (χ1) is 16.0. The Morgan fingerprint density at radius 1 is 1.12 bits per heavy atom. The van der Waals surface area contributed by atoms with E-state index in [-0.39, 0.29) is 6.61 Å². The van der Waals surface area contributed by atoms with Gasteiger partial charge >= 0.3 is 5.97 Å². The maximum Gasteiger partial charge on any atom is 0.321 e. The molecular formula is C24H27FN4O4. The molecule has 2 aromatic carbocycles. The maximum absolute atomic E-state index is 13.5. The van der Waals surface area contributed by atoms with E-state index in [2.05, 4.69) is 10.2 Å². The van der Waals surface area contributed by atoms with Crippen LogP contribution in [0.25, 0.3) is 0 Å². The van der Waals surface area contributed by atoms with Gasteiger partial charge in [-0.3, -0.25) is 14.9 Å². The number of benzene rings is 2. The number of esters is 1. The summed E-state index contributed by atoms with van der Waals surface area (Å²) in [6, 6.07) is 12.8. The molecule has 2 heterocycles. The van der Waals surface area contributed by atoms with Crippen LogP contribution >= 0.6 is 0 Å². The summed E-state index contributed by atoms with van der Waals surface area (Å²) in [5.74, 6) is -1.43. The Balaban J connectivity index is 1.54. The maximum atomic E-state index is 13.5. The van der Waals surface area contributed by atoms with Crippen molar-refractivity contribution in [1.82, 2.24) is 10.2 Å². The van der Waals surface area contributed by atoms with Crippen LogP contribution in [0.2, 0.25) is 0 Å². The zero-order valence-electron chi connectivity index (χ0n) is 18.7. The monoisotopic (exact) mass is 454 g/mol. The number of rotatable bonds is 5. The van der Waals surface area contributed by atoms with E-state index in [1.165, 1.54) is 12.1 Å². The largest absolute Gasteiger partial charge is 0.497 e. The Kier molecular flexibility index (Phi) is 6.76. The van der Waals surface area contributed by atoms with E-state index in [4.69, 9.17) is 14.5 Å². The van der Waals surface area contributed by atoms with Crippen LogP contribution in [0.1, 0.15) is 18.5 Å². The molecule has 0 unspecified atom stereocenters. The van der Waals surface area contributed by atoms with Crippen molar-refractivity contribution >= 4 is 23.5 Å². The minimum absolute atomic E-state index is 0.154. The molecule has 1 saturated heterocycles. The molecule has 2 aliphatic heterocycles. The molecule has 1 amide bonds. The van der Waals surface area contributed by atoms with Gasteiger partial charge in [0.2, 0.25) is 11.9 Å². The highest BCUT2D eigenvalue weighted by molar-refractivity contribution is 6.08. The van der Waals surface area contributed by atoms with Gasteiger partial charge in [-0.25, -0.2) is 9.38 Å². The fourth-order valence-electron chi connectivity index (χ4n) is 4.11. The molecule has 2 aromatic rings. The summed E-state index contributed by atoms with van der Waals surface area (Å²) in [5.41, 5.74) is 1.65. The lowest BCUT2D eigenvalue weighted by atomic mass is 9.91. The van der Waals surface area contributed by atoms with Crippen LogP contribution in [0.3, 0.4) is 0 Å². The second-order valence-electron chi connectivity index (χ2n) is 7.84. The number of piperazine rings is 1. The van der Waals surface area contributed by atoms with Gasteiger partial charge in [0.05, 0.1) is 13.7 Å². The van der Waals surface area contributed by atoms with Crippen molar-refractivity contribution in [3.05, 3.63) is 59.9 Å². The van der Waals surface area contributed by atoms with Gasteiger partial charge in [-0.2, -0.15) is 0 Å². The smallest absolute Gasteiger partial charge is 0.321 e. The molecule has 0 aromatic heterocycles. The number of hydrogen-bond donors (Lipinski definition) is 1. The lowest BCUT2D eigenvalue weighted by Crippen LogP contribution is -2.57. The molecule has 0 bridgehead atoms. The van der Waals surface area contributed by atoms with Crippen molar-refractivity contribution in [2.45, 2.75) is 13.0 Å². The van der Waals surface area contributed by atoms with Crippen LogP contribution in [-0.2, 0) is 14.3 Å². The van der Waals surface area contributed by atoms with Crippen LogP contribution in [0, 0.1) is 11.7 Å². The number of ether oxygens (including phenoxy) is 2. The van der Waals surface area contributed by atoms with Gasteiger partial charge in [0.25, 0.3) is 0 Å². The molecular weight excluding hydrogens is 427 g/mol. The molecule has 1 N–H and O–H groups in total. The molecule has 0 radical (unpaired) electrons. The zero-order chi connectivity index (χ0) is 23.4. The molecule has 0 saturated carbocycles. The number of guanidine groups is 1. The summed E-state index contributed by atoms with van der Waals surface area (Å²) < 4.78 is 23.9. The van der Waals surface area contributed by atoms with Gasteiger partial charge in [-0.1, -0.05) is 18.2 Å². The van der Waals surface area contributed by atoms with Crippen LogP contribution in [0.4, 0.5) is 10.1 Å². The minimum Gasteiger partial charge on any atom is -0.497 e. The molecule has 33 heavy (non-hydrogen) atoms.